The molecule has 2 rings (SSSR count). The second-order valence-corrected chi connectivity index (χ2v) is 6.12. The third-order valence-electron chi connectivity index (χ3n) is 4.84. The number of hydrogen-bond donors (Lipinski definition) is 1. The first-order chi connectivity index (χ1) is 7.69. The van der Waals surface area contributed by atoms with E-state index in [9.17, 15) is 0 Å². The zero-order chi connectivity index (χ0) is 11.5. The lowest BCUT2D eigenvalue weighted by atomic mass is 9.79. The Labute approximate surface area is 101 Å². The quantitative estimate of drug-likeness (QED) is 0.795. The minimum Gasteiger partial charge on any atom is -0.328 e. The lowest BCUT2D eigenvalue weighted by Crippen LogP contribution is -2.45. The van der Waals surface area contributed by atoms with Crippen LogP contribution in [0.5, 0.6) is 0 Å². The SMILES string of the molecule is CCC1CCC(N(C)CC2CC(N)C2)CC1. The topological polar surface area (TPSA) is 29.3 Å². The molecule has 0 aromatic carbocycles. The normalized spacial score (nSPS) is 39.8. The molecule has 2 N–H and O–H groups in total. The highest BCUT2D eigenvalue weighted by molar-refractivity contribution is 4.86. The predicted molar refractivity (Wildman–Crippen MR) is 69.4 cm³/mol. The summed E-state index contributed by atoms with van der Waals surface area (Å²) >= 11 is 0. The average molecular weight is 224 g/mol. The van der Waals surface area contributed by atoms with Crippen LogP contribution < -0.4 is 5.73 Å². The molecule has 0 spiro atoms. The van der Waals surface area contributed by atoms with Crippen molar-refractivity contribution in [3.63, 3.8) is 0 Å². The van der Waals surface area contributed by atoms with E-state index in [0.29, 0.717) is 6.04 Å². The molecular formula is C14H28N2. The first-order valence-corrected chi connectivity index (χ1v) is 7.14. The fraction of sp³-hybridized carbons (Fsp3) is 1.00. The molecule has 2 heteroatoms. The summed E-state index contributed by atoms with van der Waals surface area (Å²) in [7, 11) is 2.32. The smallest absolute Gasteiger partial charge is 0.00925 e. The van der Waals surface area contributed by atoms with Crippen molar-refractivity contribution in [2.75, 3.05) is 13.6 Å². The van der Waals surface area contributed by atoms with Crippen molar-refractivity contribution >= 4 is 0 Å². The van der Waals surface area contributed by atoms with Crippen molar-refractivity contribution in [2.24, 2.45) is 17.6 Å². The molecule has 94 valence electrons. The van der Waals surface area contributed by atoms with Crippen molar-refractivity contribution in [2.45, 2.75) is 64.0 Å². The molecule has 0 radical (unpaired) electrons. The van der Waals surface area contributed by atoms with Crippen LogP contribution in [-0.2, 0) is 0 Å². The molecule has 2 saturated carbocycles. The van der Waals surface area contributed by atoms with E-state index in [1.165, 1.54) is 51.5 Å². The molecule has 0 unspecified atom stereocenters. The largest absolute Gasteiger partial charge is 0.328 e. The van der Waals surface area contributed by atoms with Crippen LogP contribution in [-0.4, -0.2) is 30.6 Å². The second-order valence-electron chi connectivity index (χ2n) is 6.12. The van der Waals surface area contributed by atoms with Crippen LogP contribution in [0.1, 0.15) is 51.9 Å². The molecule has 16 heavy (non-hydrogen) atoms. The maximum Gasteiger partial charge on any atom is 0.00925 e. The highest BCUT2D eigenvalue weighted by Crippen LogP contribution is 2.31. The summed E-state index contributed by atoms with van der Waals surface area (Å²) in [5.74, 6) is 1.91. The second kappa shape index (κ2) is 5.50. The molecule has 2 fully saturated rings. The Morgan fingerprint density at radius 3 is 2.19 bits per heavy atom. The van der Waals surface area contributed by atoms with Crippen LogP contribution in [0.3, 0.4) is 0 Å². The zero-order valence-corrected chi connectivity index (χ0v) is 11.0. The van der Waals surface area contributed by atoms with Gasteiger partial charge in [0, 0.05) is 18.6 Å². The van der Waals surface area contributed by atoms with Crippen LogP contribution in [0.25, 0.3) is 0 Å². The van der Waals surface area contributed by atoms with Gasteiger partial charge in [0.05, 0.1) is 0 Å². The molecule has 0 saturated heterocycles. The summed E-state index contributed by atoms with van der Waals surface area (Å²) in [5, 5.41) is 0. The third-order valence-corrected chi connectivity index (χ3v) is 4.84. The number of nitrogens with zero attached hydrogens (tertiary/aromatic N) is 1. The Morgan fingerprint density at radius 2 is 1.69 bits per heavy atom. The summed E-state index contributed by atoms with van der Waals surface area (Å²) in [6.07, 6.45) is 9.66. The summed E-state index contributed by atoms with van der Waals surface area (Å²) < 4.78 is 0. The van der Waals surface area contributed by atoms with Gasteiger partial charge < -0.3 is 10.6 Å². The van der Waals surface area contributed by atoms with Gasteiger partial charge >= 0.3 is 0 Å². The van der Waals surface area contributed by atoms with E-state index < -0.39 is 0 Å². The third kappa shape index (κ3) is 2.98. The van der Waals surface area contributed by atoms with Crippen molar-refractivity contribution < 1.29 is 0 Å². The highest BCUT2D eigenvalue weighted by Gasteiger charge is 2.29. The van der Waals surface area contributed by atoms with Crippen molar-refractivity contribution in [3.05, 3.63) is 0 Å². The lowest BCUT2D eigenvalue weighted by molar-refractivity contribution is 0.112. The highest BCUT2D eigenvalue weighted by atomic mass is 15.1. The predicted octanol–water partition coefficient (Wildman–Crippen LogP) is 2.62. The average Bonchev–Trinajstić information content (AvgIpc) is 2.27. The van der Waals surface area contributed by atoms with Crippen LogP contribution >= 0.6 is 0 Å². The molecule has 2 aliphatic carbocycles. The van der Waals surface area contributed by atoms with Gasteiger partial charge in [-0.3, -0.25) is 0 Å². The fourth-order valence-electron chi connectivity index (χ4n) is 3.49. The molecule has 0 bridgehead atoms. The van der Waals surface area contributed by atoms with Crippen LogP contribution in [0, 0.1) is 11.8 Å². The fourth-order valence-corrected chi connectivity index (χ4v) is 3.49. The molecule has 0 heterocycles. The standard InChI is InChI=1S/C14H28N2/c1-3-11-4-6-14(7-5-11)16(2)10-12-8-13(15)9-12/h11-14H,3-10,15H2,1-2H3. The number of hydrogen-bond acceptors (Lipinski definition) is 2. The summed E-state index contributed by atoms with van der Waals surface area (Å²) in [6.45, 7) is 3.62. The summed E-state index contributed by atoms with van der Waals surface area (Å²) in [6, 6.07) is 1.37. The first kappa shape index (κ1) is 12.4. The van der Waals surface area contributed by atoms with Crippen molar-refractivity contribution in [1.82, 2.24) is 4.90 Å². The van der Waals surface area contributed by atoms with Gasteiger partial charge in [-0.15, -0.1) is 0 Å². The van der Waals surface area contributed by atoms with Gasteiger partial charge in [0.15, 0.2) is 0 Å². The van der Waals surface area contributed by atoms with E-state index in [4.69, 9.17) is 5.73 Å². The van der Waals surface area contributed by atoms with E-state index in [1.807, 2.05) is 0 Å². The first-order valence-electron chi connectivity index (χ1n) is 7.14. The summed E-state index contributed by atoms with van der Waals surface area (Å²) in [5.41, 5.74) is 5.84. The van der Waals surface area contributed by atoms with Gasteiger partial charge in [0.25, 0.3) is 0 Å². The van der Waals surface area contributed by atoms with E-state index in [2.05, 4.69) is 18.9 Å². The number of rotatable bonds is 4. The van der Waals surface area contributed by atoms with Gasteiger partial charge in [0.2, 0.25) is 0 Å². The van der Waals surface area contributed by atoms with Gasteiger partial charge in [-0.05, 0) is 57.4 Å². The molecule has 0 aliphatic heterocycles. The Kier molecular flexibility index (Phi) is 4.26. The molecule has 2 aliphatic rings. The van der Waals surface area contributed by atoms with Gasteiger partial charge in [0.1, 0.15) is 0 Å². The van der Waals surface area contributed by atoms with Crippen LogP contribution in [0.4, 0.5) is 0 Å². The summed E-state index contributed by atoms with van der Waals surface area (Å²) in [4.78, 5) is 2.61. The van der Waals surface area contributed by atoms with Gasteiger partial charge in [-0.25, -0.2) is 0 Å². The monoisotopic (exact) mass is 224 g/mol. The maximum atomic E-state index is 5.84. The van der Waals surface area contributed by atoms with Crippen LogP contribution in [0.2, 0.25) is 0 Å². The lowest BCUT2D eigenvalue weighted by Gasteiger charge is -2.40. The minimum atomic E-state index is 0.509. The molecule has 0 atom stereocenters. The molecule has 2 nitrogen and oxygen atoms in total. The van der Waals surface area contributed by atoms with E-state index in [1.54, 1.807) is 0 Å². The molecule has 0 aromatic rings. The Balaban J connectivity index is 1.67. The van der Waals surface area contributed by atoms with Crippen LogP contribution in [0.15, 0.2) is 0 Å². The Hall–Kier alpha value is -0.0800. The van der Waals surface area contributed by atoms with E-state index >= 15 is 0 Å². The van der Waals surface area contributed by atoms with Gasteiger partial charge in [-0.2, -0.15) is 0 Å². The van der Waals surface area contributed by atoms with Gasteiger partial charge in [-0.1, -0.05) is 13.3 Å². The van der Waals surface area contributed by atoms with Crippen molar-refractivity contribution in [3.8, 4) is 0 Å². The Morgan fingerprint density at radius 1 is 1.06 bits per heavy atom. The Bertz CT molecular complexity index is 203. The molecular weight excluding hydrogens is 196 g/mol. The molecule has 0 amide bonds. The minimum absolute atomic E-state index is 0.509. The number of nitrogens with two attached hydrogens (primary N) is 1. The van der Waals surface area contributed by atoms with E-state index in [-0.39, 0.29) is 0 Å². The zero-order valence-electron chi connectivity index (χ0n) is 11.0. The van der Waals surface area contributed by atoms with Crippen molar-refractivity contribution in [1.29, 1.82) is 0 Å². The maximum absolute atomic E-state index is 5.84. The molecule has 0 aromatic heterocycles. The van der Waals surface area contributed by atoms with E-state index in [0.717, 1.165) is 17.9 Å².